The summed E-state index contributed by atoms with van der Waals surface area (Å²) in [7, 11) is -3.04. The molecule has 1 N–H and O–H groups in total. The Kier molecular flexibility index (Phi) is 5.15. The van der Waals surface area contributed by atoms with Gasteiger partial charge in [0, 0.05) is 17.7 Å². The molecule has 0 fully saturated rings. The molecule has 4 nitrogen and oxygen atoms in total. The number of carbonyl (C=O) groups excluding carboxylic acids is 1. The molecule has 100 valence electrons. The van der Waals surface area contributed by atoms with Crippen LogP contribution in [-0.2, 0) is 9.84 Å². The van der Waals surface area contributed by atoms with E-state index in [0.717, 1.165) is 12.3 Å². The van der Waals surface area contributed by atoms with Crippen LogP contribution < -0.4 is 5.32 Å². The largest absolute Gasteiger partial charge is 0.352 e. The summed E-state index contributed by atoms with van der Waals surface area (Å²) in [6.45, 7) is 0.183. The number of halogens is 1. The summed E-state index contributed by atoms with van der Waals surface area (Å²) in [6, 6.07) is 3.93. The van der Waals surface area contributed by atoms with Crippen molar-refractivity contribution in [2.75, 3.05) is 18.6 Å². The first kappa shape index (κ1) is 15.0. The topological polar surface area (TPSA) is 63.2 Å². The average molecular weight is 291 g/mol. The Morgan fingerprint density at radius 2 is 2.11 bits per heavy atom. The van der Waals surface area contributed by atoms with Crippen LogP contribution in [0.5, 0.6) is 0 Å². The number of rotatable bonds is 5. The van der Waals surface area contributed by atoms with Crippen LogP contribution >= 0.6 is 12.6 Å². The van der Waals surface area contributed by atoms with E-state index in [1.54, 1.807) is 0 Å². The summed E-state index contributed by atoms with van der Waals surface area (Å²) in [5.41, 5.74) is -0.0955. The molecule has 0 unspecified atom stereocenters. The van der Waals surface area contributed by atoms with Crippen molar-refractivity contribution < 1.29 is 17.6 Å². The molecule has 18 heavy (non-hydrogen) atoms. The smallest absolute Gasteiger partial charge is 0.254 e. The number of hydrogen-bond acceptors (Lipinski definition) is 4. The quantitative estimate of drug-likeness (QED) is 0.634. The Balaban J connectivity index is 2.53. The predicted octanol–water partition coefficient (Wildman–Crippen LogP) is 1.28. The number of carbonyl (C=O) groups is 1. The Labute approximate surface area is 111 Å². The number of sulfone groups is 1. The summed E-state index contributed by atoms with van der Waals surface area (Å²) < 4.78 is 35.1. The van der Waals surface area contributed by atoms with E-state index >= 15 is 0 Å². The third-order valence-corrected chi connectivity index (χ3v) is 3.48. The molecule has 0 atom stereocenters. The summed E-state index contributed by atoms with van der Waals surface area (Å²) in [6.07, 6.45) is 1.42. The molecule has 0 radical (unpaired) electrons. The second-order valence-corrected chi connectivity index (χ2v) is 6.68. The van der Waals surface area contributed by atoms with Crippen molar-refractivity contribution in [3.8, 4) is 0 Å². The Morgan fingerprint density at radius 1 is 1.44 bits per heavy atom. The van der Waals surface area contributed by atoms with E-state index in [1.807, 2.05) is 0 Å². The molecule has 0 aliphatic rings. The maximum Gasteiger partial charge on any atom is 0.254 e. The van der Waals surface area contributed by atoms with Crippen LogP contribution in [0.2, 0.25) is 0 Å². The van der Waals surface area contributed by atoms with Gasteiger partial charge in [-0.3, -0.25) is 4.79 Å². The lowest BCUT2D eigenvalue weighted by Gasteiger charge is -2.06. The molecule has 1 aromatic rings. The zero-order valence-corrected chi connectivity index (χ0v) is 11.5. The number of nitrogens with one attached hydrogen (secondary N) is 1. The zero-order valence-electron chi connectivity index (χ0n) is 9.81. The van der Waals surface area contributed by atoms with Crippen LogP contribution in [0, 0.1) is 5.82 Å². The number of thiol groups is 1. The first-order valence-corrected chi connectivity index (χ1v) is 7.75. The van der Waals surface area contributed by atoms with Crippen LogP contribution in [0.3, 0.4) is 0 Å². The van der Waals surface area contributed by atoms with Crippen molar-refractivity contribution in [2.24, 2.45) is 0 Å². The molecule has 1 aromatic carbocycles. The fraction of sp³-hybridized carbons (Fsp3) is 0.364. The molecule has 0 aromatic heterocycles. The van der Waals surface area contributed by atoms with E-state index in [1.165, 1.54) is 12.1 Å². The molecule has 0 heterocycles. The maximum atomic E-state index is 13.3. The minimum atomic E-state index is -3.04. The first-order valence-electron chi connectivity index (χ1n) is 5.24. The lowest BCUT2D eigenvalue weighted by molar-refractivity contribution is 0.0949. The van der Waals surface area contributed by atoms with Gasteiger partial charge in [0.2, 0.25) is 0 Å². The minimum Gasteiger partial charge on any atom is -0.352 e. The molecule has 0 bridgehead atoms. The van der Waals surface area contributed by atoms with Gasteiger partial charge in [0.15, 0.2) is 0 Å². The van der Waals surface area contributed by atoms with E-state index < -0.39 is 21.6 Å². The van der Waals surface area contributed by atoms with Crippen molar-refractivity contribution in [2.45, 2.75) is 11.3 Å². The van der Waals surface area contributed by atoms with Gasteiger partial charge in [-0.25, -0.2) is 12.8 Å². The van der Waals surface area contributed by atoms with E-state index in [4.69, 9.17) is 0 Å². The second kappa shape index (κ2) is 6.19. The maximum absolute atomic E-state index is 13.3. The molecule has 0 saturated heterocycles. The van der Waals surface area contributed by atoms with Gasteiger partial charge in [0.05, 0.1) is 11.3 Å². The Bertz CT molecular complexity index is 543. The molecule has 1 rings (SSSR count). The van der Waals surface area contributed by atoms with E-state index in [2.05, 4.69) is 17.9 Å². The molecule has 0 saturated carbocycles. The summed E-state index contributed by atoms with van der Waals surface area (Å²) in [5, 5.41) is 2.46. The third kappa shape index (κ3) is 5.05. The van der Waals surface area contributed by atoms with E-state index in [-0.39, 0.29) is 17.9 Å². The van der Waals surface area contributed by atoms with Crippen LogP contribution in [0.15, 0.2) is 23.1 Å². The fourth-order valence-corrected chi connectivity index (χ4v) is 2.19. The van der Waals surface area contributed by atoms with Gasteiger partial charge in [-0.1, -0.05) is 0 Å². The van der Waals surface area contributed by atoms with Gasteiger partial charge in [-0.15, -0.1) is 12.6 Å². The Hall–Kier alpha value is -1.08. The SMILES string of the molecule is CS(=O)(=O)CCCNC(=O)c1cc(S)ccc1F. The molecule has 1 amide bonds. The van der Waals surface area contributed by atoms with Gasteiger partial charge >= 0.3 is 0 Å². The van der Waals surface area contributed by atoms with Crippen molar-refractivity contribution in [1.82, 2.24) is 5.32 Å². The molecule has 0 aliphatic carbocycles. The van der Waals surface area contributed by atoms with Crippen LogP contribution in [-0.4, -0.2) is 32.9 Å². The average Bonchev–Trinajstić information content (AvgIpc) is 2.26. The highest BCUT2D eigenvalue weighted by molar-refractivity contribution is 7.90. The highest BCUT2D eigenvalue weighted by atomic mass is 32.2. The van der Waals surface area contributed by atoms with Crippen molar-refractivity contribution in [3.63, 3.8) is 0 Å². The van der Waals surface area contributed by atoms with Crippen LogP contribution in [0.4, 0.5) is 4.39 Å². The number of amides is 1. The lowest BCUT2D eigenvalue weighted by Crippen LogP contribution is -2.26. The molecule has 0 aliphatic heterocycles. The summed E-state index contributed by atoms with van der Waals surface area (Å²) >= 11 is 4.02. The van der Waals surface area contributed by atoms with Crippen molar-refractivity contribution in [3.05, 3.63) is 29.6 Å². The number of benzene rings is 1. The highest BCUT2D eigenvalue weighted by Gasteiger charge is 2.11. The summed E-state index contributed by atoms with van der Waals surface area (Å²) in [5.74, 6) is -1.21. The third-order valence-electron chi connectivity index (χ3n) is 2.17. The Morgan fingerprint density at radius 3 is 2.72 bits per heavy atom. The molecular weight excluding hydrogens is 277 g/mol. The lowest BCUT2D eigenvalue weighted by atomic mass is 10.2. The first-order chi connectivity index (χ1) is 8.29. The van der Waals surface area contributed by atoms with Crippen molar-refractivity contribution in [1.29, 1.82) is 0 Å². The van der Waals surface area contributed by atoms with Gasteiger partial charge in [0.1, 0.15) is 15.7 Å². The highest BCUT2D eigenvalue weighted by Crippen LogP contribution is 2.13. The number of hydrogen-bond donors (Lipinski definition) is 2. The molecule has 7 heteroatoms. The van der Waals surface area contributed by atoms with Gasteiger partial charge in [-0.2, -0.15) is 0 Å². The molecular formula is C11H14FNO3S2. The fourth-order valence-electron chi connectivity index (χ4n) is 1.32. The molecule has 0 spiro atoms. The predicted molar refractivity (Wildman–Crippen MR) is 70.3 cm³/mol. The standard InChI is InChI=1S/C11H14FNO3S2/c1-18(15,16)6-2-5-13-11(14)9-7-8(17)3-4-10(9)12/h3-4,7,17H,2,5-6H2,1H3,(H,13,14). The van der Waals surface area contributed by atoms with Gasteiger partial charge in [-0.05, 0) is 24.6 Å². The van der Waals surface area contributed by atoms with E-state index in [9.17, 15) is 17.6 Å². The normalized spacial score (nSPS) is 11.3. The monoisotopic (exact) mass is 291 g/mol. The van der Waals surface area contributed by atoms with Crippen molar-refractivity contribution >= 4 is 28.4 Å². The van der Waals surface area contributed by atoms with E-state index in [0.29, 0.717) is 11.3 Å². The zero-order chi connectivity index (χ0) is 13.8. The van der Waals surface area contributed by atoms with Gasteiger partial charge < -0.3 is 5.32 Å². The van der Waals surface area contributed by atoms with Crippen LogP contribution in [0.25, 0.3) is 0 Å². The minimum absolute atomic E-state index is 0.0115. The second-order valence-electron chi connectivity index (χ2n) is 3.90. The van der Waals surface area contributed by atoms with Gasteiger partial charge in [0.25, 0.3) is 5.91 Å². The van der Waals surface area contributed by atoms with Crippen LogP contribution in [0.1, 0.15) is 16.8 Å². The summed E-state index contributed by atoms with van der Waals surface area (Å²) in [4.78, 5) is 12.1.